The molecule has 1 aliphatic rings. The number of fused-ring (bicyclic) bond motifs is 1. The van der Waals surface area contributed by atoms with E-state index < -0.39 is 0 Å². The van der Waals surface area contributed by atoms with Gasteiger partial charge in [-0.3, -0.25) is 9.69 Å². The SMILES string of the molecule is CCN(CC(=O)NC(C)c1ccc(Cl)cc1)CC1COc2ccccc2O1. The van der Waals surface area contributed by atoms with E-state index in [0.29, 0.717) is 24.7 Å². The number of ether oxygens (including phenoxy) is 2. The molecule has 6 heteroatoms. The first kappa shape index (κ1) is 19.5. The molecule has 0 fully saturated rings. The average molecular weight is 389 g/mol. The molecule has 1 aliphatic heterocycles. The lowest BCUT2D eigenvalue weighted by Gasteiger charge is -2.30. The minimum atomic E-state index is -0.0960. The first-order valence-corrected chi connectivity index (χ1v) is 9.58. The largest absolute Gasteiger partial charge is 0.486 e. The summed E-state index contributed by atoms with van der Waals surface area (Å²) in [5.74, 6) is 1.51. The van der Waals surface area contributed by atoms with E-state index in [2.05, 4.69) is 10.2 Å². The van der Waals surface area contributed by atoms with E-state index in [0.717, 1.165) is 23.6 Å². The standard InChI is InChI=1S/C21H25ClN2O3/c1-3-24(12-18-14-26-19-6-4-5-7-20(19)27-18)13-21(25)23-15(2)16-8-10-17(22)11-9-16/h4-11,15,18H,3,12-14H2,1-2H3,(H,23,25). The van der Waals surface area contributed by atoms with Gasteiger partial charge in [-0.2, -0.15) is 0 Å². The van der Waals surface area contributed by atoms with Crippen LogP contribution in [0.1, 0.15) is 25.5 Å². The quantitative estimate of drug-likeness (QED) is 0.786. The number of halogens is 1. The molecule has 0 bridgehead atoms. The van der Waals surface area contributed by atoms with Gasteiger partial charge in [-0.25, -0.2) is 0 Å². The zero-order valence-corrected chi connectivity index (χ0v) is 16.4. The Balaban J connectivity index is 1.51. The maximum atomic E-state index is 12.5. The smallest absolute Gasteiger partial charge is 0.234 e. The highest BCUT2D eigenvalue weighted by atomic mass is 35.5. The van der Waals surface area contributed by atoms with Crippen LogP contribution in [0.5, 0.6) is 11.5 Å². The van der Waals surface area contributed by atoms with E-state index >= 15 is 0 Å². The summed E-state index contributed by atoms with van der Waals surface area (Å²) in [6.45, 7) is 6.18. The summed E-state index contributed by atoms with van der Waals surface area (Å²) in [5.41, 5.74) is 1.02. The third kappa shape index (κ3) is 5.37. The van der Waals surface area contributed by atoms with E-state index in [4.69, 9.17) is 21.1 Å². The van der Waals surface area contributed by atoms with Crippen LogP contribution in [0.4, 0.5) is 0 Å². The van der Waals surface area contributed by atoms with Gasteiger partial charge < -0.3 is 14.8 Å². The second kappa shape index (κ2) is 9.11. The molecule has 144 valence electrons. The summed E-state index contributed by atoms with van der Waals surface area (Å²) in [7, 11) is 0. The summed E-state index contributed by atoms with van der Waals surface area (Å²) in [5, 5.41) is 3.72. The Morgan fingerprint density at radius 1 is 1.22 bits per heavy atom. The monoisotopic (exact) mass is 388 g/mol. The average Bonchev–Trinajstić information content (AvgIpc) is 2.67. The highest BCUT2D eigenvalue weighted by Crippen LogP contribution is 2.31. The molecule has 3 rings (SSSR count). The molecule has 0 saturated carbocycles. The van der Waals surface area contributed by atoms with Crippen molar-refractivity contribution in [2.75, 3.05) is 26.2 Å². The summed E-state index contributed by atoms with van der Waals surface area (Å²) < 4.78 is 11.8. The molecule has 1 N–H and O–H groups in total. The Hall–Kier alpha value is -2.24. The van der Waals surface area contributed by atoms with Crippen molar-refractivity contribution in [1.82, 2.24) is 10.2 Å². The van der Waals surface area contributed by atoms with Gasteiger partial charge in [0.2, 0.25) is 5.91 Å². The molecule has 2 unspecified atom stereocenters. The second-order valence-corrected chi connectivity index (χ2v) is 7.10. The van der Waals surface area contributed by atoms with Crippen molar-refractivity contribution in [3.05, 3.63) is 59.1 Å². The fourth-order valence-corrected chi connectivity index (χ4v) is 3.20. The first-order valence-electron chi connectivity index (χ1n) is 9.20. The zero-order valence-electron chi connectivity index (χ0n) is 15.7. The fraction of sp³-hybridized carbons (Fsp3) is 0.381. The van der Waals surface area contributed by atoms with Crippen LogP contribution in [0.15, 0.2) is 48.5 Å². The molecular weight excluding hydrogens is 364 g/mol. The minimum Gasteiger partial charge on any atom is -0.486 e. The van der Waals surface area contributed by atoms with Crippen molar-refractivity contribution >= 4 is 17.5 Å². The topological polar surface area (TPSA) is 50.8 Å². The highest BCUT2D eigenvalue weighted by Gasteiger charge is 2.23. The Morgan fingerprint density at radius 3 is 2.63 bits per heavy atom. The van der Waals surface area contributed by atoms with Gasteiger partial charge in [0.1, 0.15) is 12.7 Å². The molecule has 2 aromatic rings. The van der Waals surface area contributed by atoms with E-state index in [-0.39, 0.29) is 18.1 Å². The highest BCUT2D eigenvalue weighted by molar-refractivity contribution is 6.30. The Morgan fingerprint density at radius 2 is 1.93 bits per heavy atom. The maximum Gasteiger partial charge on any atom is 0.234 e. The molecule has 0 radical (unpaired) electrons. The molecular formula is C21H25ClN2O3. The number of nitrogens with zero attached hydrogens (tertiary/aromatic N) is 1. The van der Waals surface area contributed by atoms with Gasteiger partial charge in [-0.15, -0.1) is 0 Å². The summed E-state index contributed by atoms with van der Waals surface area (Å²) >= 11 is 5.92. The Labute approximate surface area is 165 Å². The molecule has 0 spiro atoms. The van der Waals surface area contributed by atoms with Crippen molar-refractivity contribution in [2.45, 2.75) is 26.0 Å². The molecule has 0 aromatic heterocycles. The van der Waals surface area contributed by atoms with Crippen LogP contribution < -0.4 is 14.8 Å². The predicted octanol–water partition coefficient (Wildman–Crippen LogP) is 3.68. The fourth-order valence-electron chi connectivity index (χ4n) is 3.07. The normalized spacial score (nSPS) is 16.8. The number of nitrogens with one attached hydrogen (secondary N) is 1. The number of rotatable bonds is 7. The number of benzene rings is 2. The van der Waals surface area contributed by atoms with Crippen LogP contribution in [0, 0.1) is 0 Å². The number of carbonyl (C=O) groups excluding carboxylic acids is 1. The minimum absolute atomic E-state index is 0.0172. The van der Waals surface area contributed by atoms with Crippen molar-refractivity contribution in [1.29, 1.82) is 0 Å². The van der Waals surface area contributed by atoms with Gasteiger partial charge in [-0.05, 0) is 43.3 Å². The number of hydrogen-bond acceptors (Lipinski definition) is 4. The lowest BCUT2D eigenvalue weighted by Crippen LogP contribution is -2.45. The van der Waals surface area contributed by atoms with Gasteiger partial charge in [0, 0.05) is 11.6 Å². The van der Waals surface area contributed by atoms with Crippen LogP contribution in [0.2, 0.25) is 5.02 Å². The van der Waals surface area contributed by atoms with Gasteiger partial charge in [0.25, 0.3) is 0 Å². The number of carbonyl (C=O) groups is 1. The van der Waals surface area contributed by atoms with Crippen LogP contribution in [0.25, 0.3) is 0 Å². The number of amides is 1. The number of para-hydroxylation sites is 2. The van der Waals surface area contributed by atoms with Gasteiger partial charge in [-0.1, -0.05) is 42.8 Å². The molecule has 5 nitrogen and oxygen atoms in total. The Bertz CT molecular complexity index is 766. The molecule has 0 aliphatic carbocycles. The van der Waals surface area contributed by atoms with Crippen LogP contribution in [-0.4, -0.2) is 43.2 Å². The maximum absolute atomic E-state index is 12.5. The van der Waals surface area contributed by atoms with Gasteiger partial charge >= 0.3 is 0 Å². The number of hydrogen-bond donors (Lipinski definition) is 1. The lowest BCUT2D eigenvalue weighted by molar-refractivity contribution is -0.123. The first-order chi connectivity index (χ1) is 13.0. The predicted molar refractivity (Wildman–Crippen MR) is 106 cm³/mol. The van der Waals surface area contributed by atoms with Crippen LogP contribution >= 0.6 is 11.6 Å². The summed E-state index contributed by atoms with van der Waals surface area (Å²) in [6, 6.07) is 15.1. The molecule has 27 heavy (non-hydrogen) atoms. The second-order valence-electron chi connectivity index (χ2n) is 6.67. The number of likely N-dealkylation sites (N-methyl/N-ethyl adjacent to an activating group) is 1. The van der Waals surface area contributed by atoms with E-state index in [1.165, 1.54) is 0 Å². The van der Waals surface area contributed by atoms with Crippen LogP contribution in [-0.2, 0) is 4.79 Å². The molecule has 0 saturated heterocycles. The zero-order chi connectivity index (χ0) is 19.2. The van der Waals surface area contributed by atoms with Crippen molar-refractivity contribution in [2.24, 2.45) is 0 Å². The van der Waals surface area contributed by atoms with Crippen LogP contribution in [0.3, 0.4) is 0 Å². The van der Waals surface area contributed by atoms with E-state index in [9.17, 15) is 4.79 Å². The third-order valence-corrected chi connectivity index (χ3v) is 4.84. The summed E-state index contributed by atoms with van der Waals surface area (Å²) in [6.07, 6.45) is -0.0960. The molecule has 1 amide bonds. The molecule has 2 atom stereocenters. The summed E-state index contributed by atoms with van der Waals surface area (Å²) in [4.78, 5) is 14.5. The van der Waals surface area contributed by atoms with Crippen molar-refractivity contribution < 1.29 is 14.3 Å². The molecule has 1 heterocycles. The van der Waals surface area contributed by atoms with Gasteiger partial charge in [0.15, 0.2) is 11.5 Å². The Kier molecular flexibility index (Phi) is 6.58. The third-order valence-electron chi connectivity index (χ3n) is 4.59. The van der Waals surface area contributed by atoms with Crippen molar-refractivity contribution in [3.8, 4) is 11.5 Å². The van der Waals surface area contributed by atoms with Crippen molar-refractivity contribution in [3.63, 3.8) is 0 Å². The molecule has 2 aromatic carbocycles. The lowest BCUT2D eigenvalue weighted by atomic mass is 10.1. The van der Waals surface area contributed by atoms with E-state index in [1.807, 2.05) is 62.4 Å². The van der Waals surface area contributed by atoms with Gasteiger partial charge in [0.05, 0.1) is 12.6 Å². The van der Waals surface area contributed by atoms with E-state index in [1.54, 1.807) is 0 Å².